The van der Waals surface area contributed by atoms with Crippen LogP contribution in [-0.4, -0.2) is 23.9 Å². The number of carbonyl (C=O) groups is 1. The topological polar surface area (TPSA) is 38.3 Å². The average Bonchev–Trinajstić information content (AvgIpc) is 2.59. The summed E-state index contributed by atoms with van der Waals surface area (Å²) in [5.41, 5.74) is -0.688. The van der Waals surface area contributed by atoms with Crippen molar-refractivity contribution in [2.45, 2.75) is 45.0 Å². The first kappa shape index (κ1) is 12.1. The molecular weight excluding hydrogens is 211 g/mol. The van der Waals surface area contributed by atoms with E-state index in [1.165, 1.54) is 0 Å². The summed E-state index contributed by atoms with van der Waals surface area (Å²) in [5, 5.41) is 2.19. The van der Waals surface area contributed by atoms with Gasteiger partial charge in [0.15, 0.2) is 0 Å². The molecule has 2 unspecified atom stereocenters. The normalized spacial score (nSPS) is 26.0. The molecule has 1 N–H and O–H groups in total. The van der Waals surface area contributed by atoms with Gasteiger partial charge in [-0.25, -0.2) is 4.79 Å². The third kappa shape index (κ3) is 3.97. The highest BCUT2D eigenvalue weighted by Gasteiger charge is 2.56. The Bertz CT molecular complexity index is 257. The van der Waals surface area contributed by atoms with Crippen molar-refractivity contribution < 1.29 is 22.7 Å². The number of hydrogen-bond donors (Lipinski definition) is 1. The van der Waals surface area contributed by atoms with E-state index >= 15 is 0 Å². The van der Waals surface area contributed by atoms with Crippen molar-refractivity contribution in [2.24, 2.45) is 5.92 Å². The highest BCUT2D eigenvalue weighted by molar-refractivity contribution is 5.68. The molecule has 6 heteroatoms. The first-order chi connectivity index (χ1) is 6.59. The minimum absolute atomic E-state index is 0.0528. The van der Waals surface area contributed by atoms with Crippen LogP contribution in [0.25, 0.3) is 0 Å². The zero-order chi connectivity index (χ0) is 11.9. The van der Waals surface area contributed by atoms with Crippen LogP contribution >= 0.6 is 0 Å². The average molecular weight is 225 g/mol. The molecule has 88 valence electrons. The zero-order valence-corrected chi connectivity index (χ0v) is 8.81. The Morgan fingerprint density at radius 2 is 1.87 bits per heavy atom. The summed E-state index contributed by atoms with van der Waals surface area (Å²) in [5.74, 6) is -1.41. The van der Waals surface area contributed by atoms with Gasteiger partial charge in [0.05, 0.1) is 5.92 Å². The lowest BCUT2D eigenvalue weighted by atomic mass is 10.2. The molecular formula is C9H14F3NO2. The Hall–Kier alpha value is -0.940. The summed E-state index contributed by atoms with van der Waals surface area (Å²) in [4.78, 5) is 11.1. The second-order valence-electron chi connectivity index (χ2n) is 4.64. The SMILES string of the molecule is CC(C)(C)OC(=O)NC1CC1C(F)(F)F. The molecule has 0 bridgehead atoms. The van der Waals surface area contributed by atoms with Crippen LogP contribution in [0.15, 0.2) is 0 Å². The summed E-state index contributed by atoms with van der Waals surface area (Å²) in [6.07, 6.45) is -5.07. The Morgan fingerprint density at radius 1 is 1.33 bits per heavy atom. The molecule has 0 aromatic heterocycles. The van der Waals surface area contributed by atoms with Crippen LogP contribution in [-0.2, 0) is 4.74 Å². The van der Waals surface area contributed by atoms with Crippen molar-refractivity contribution >= 4 is 6.09 Å². The molecule has 15 heavy (non-hydrogen) atoms. The van der Waals surface area contributed by atoms with E-state index in [0.717, 1.165) is 0 Å². The Balaban J connectivity index is 2.31. The van der Waals surface area contributed by atoms with Crippen molar-refractivity contribution in [1.82, 2.24) is 5.32 Å². The maximum absolute atomic E-state index is 12.1. The van der Waals surface area contributed by atoms with E-state index in [0.29, 0.717) is 0 Å². The van der Waals surface area contributed by atoms with Crippen molar-refractivity contribution in [2.75, 3.05) is 0 Å². The fourth-order valence-electron chi connectivity index (χ4n) is 1.18. The first-order valence-corrected chi connectivity index (χ1v) is 4.66. The number of rotatable bonds is 1. The largest absolute Gasteiger partial charge is 0.444 e. The molecule has 0 aliphatic heterocycles. The fourth-order valence-corrected chi connectivity index (χ4v) is 1.18. The van der Waals surface area contributed by atoms with Crippen LogP contribution in [0.1, 0.15) is 27.2 Å². The van der Waals surface area contributed by atoms with Crippen LogP contribution in [0.3, 0.4) is 0 Å². The highest BCUT2D eigenvalue weighted by Crippen LogP contribution is 2.44. The van der Waals surface area contributed by atoms with Gasteiger partial charge >= 0.3 is 12.3 Å². The van der Waals surface area contributed by atoms with Gasteiger partial charge in [-0.05, 0) is 27.2 Å². The van der Waals surface area contributed by atoms with Gasteiger partial charge in [0.2, 0.25) is 0 Å². The van der Waals surface area contributed by atoms with Crippen molar-refractivity contribution in [3.8, 4) is 0 Å². The number of carbonyl (C=O) groups excluding carboxylic acids is 1. The third-order valence-electron chi connectivity index (χ3n) is 1.91. The van der Waals surface area contributed by atoms with Gasteiger partial charge in [-0.1, -0.05) is 0 Å². The number of amides is 1. The van der Waals surface area contributed by atoms with Gasteiger partial charge in [-0.2, -0.15) is 13.2 Å². The van der Waals surface area contributed by atoms with Crippen molar-refractivity contribution in [1.29, 1.82) is 0 Å². The molecule has 0 aromatic carbocycles. The van der Waals surface area contributed by atoms with Crippen LogP contribution in [0.5, 0.6) is 0 Å². The highest BCUT2D eigenvalue weighted by atomic mass is 19.4. The first-order valence-electron chi connectivity index (χ1n) is 4.66. The predicted octanol–water partition coefficient (Wildman–Crippen LogP) is 2.46. The van der Waals surface area contributed by atoms with Gasteiger partial charge in [0.1, 0.15) is 5.60 Å². The second kappa shape index (κ2) is 3.57. The van der Waals surface area contributed by atoms with E-state index in [1.807, 2.05) is 0 Å². The minimum Gasteiger partial charge on any atom is -0.444 e. The predicted molar refractivity (Wildman–Crippen MR) is 47.3 cm³/mol. The maximum Gasteiger partial charge on any atom is 0.407 e. The van der Waals surface area contributed by atoms with Gasteiger partial charge in [-0.15, -0.1) is 0 Å². The molecule has 1 saturated carbocycles. The lowest BCUT2D eigenvalue weighted by Crippen LogP contribution is -2.35. The van der Waals surface area contributed by atoms with Gasteiger partial charge in [0.25, 0.3) is 0 Å². The molecule has 1 aliphatic carbocycles. The minimum atomic E-state index is -4.22. The number of alkyl halides is 3. The van der Waals surface area contributed by atoms with Gasteiger partial charge in [0, 0.05) is 6.04 Å². The summed E-state index contributed by atoms with van der Waals surface area (Å²) in [6, 6.07) is -0.820. The summed E-state index contributed by atoms with van der Waals surface area (Å²) in [7, 11) is 0. The van der Waals surface area contributed by atoms with Crippen LogP contribution in [0.2, 0.25) is 0 Å². The fraction of sp³-hybridized carbons (Fsp3) is 0.889. The van der Waals surface area contributed by atoms with E-state index in [-0.39, 0.29) is 6.42 Å². The van der Waals surface area contributed by atoms with Crippen molar-refractivity contribution in [3.63, 3.8) is 0 Å². The molecule has 1 aliphatic rings. The molecule has 2 atom stereocenters. The van der Waals surface area contributed by atoms with E-state index in [4.69, 9.17) is 4.74 Å². The van der Waals surface area contributed by atoms with Crippen molar-refractivity contribution in [3.05, 3.63) is 0 Å². The molecule has 1 fully saturated rings. The molecule has 3 nitrogen and oxygen atoms in total. The maximum atomic E-state index is 12.1. The molecule has 0 heterocycles. The van der Waals surface area contributed by atoms with Gasteiger partial charge in [-0.3, -0.25) is 0 Å². The van der Waals surface area contributed by atoms with Crippen LogP contribution < -0.4 is 5.32 Å². The third-order valence-corrected chi connectivity index (χ3v) is 1.91. The van der Waals surface area contributed by atoms with E-state index in [1.54, 1.807) is 20.8 Å². The van der Waals surface area contributed by atoms with E-state index in [2.05, 4.69) is 5.32 Å². The number of nitrogens with one attached hydrogen (secondary N) is 1. The Morgan fingerprint density at radius 3 is 2.20 bits per heavy atom. The quantitative estimate of drug-likeness (QED) is 0.744. The number of hydrogen-bond acceptors (Lipinski definition) is 2. The Labute approximate surface area is 86.0 Å². The summed E-state index contributed by atoms with van der Waals surface area (Å²) in [6.45, 7) is 4.96. The molecule has 1 amide bonds. The molecule has 0 spiro atoms. The lowest BCUT2D eigenvalue weighted by molar-refractivity contribution is -0.148. The molecule has 0 radical (unpaired) electrons. The van der Waals surface area contributed by atoms with E-state index < -0.39 is 29.8 Å². The standard InChI is InChI=1S/C9H14F3NO2/c1-8(2,3)15-7(14)13-6-4-5(6)9(10,11)12/h5-6H,4H2,1-3H3,(H,13,14). The summed E-state index contributed by atoms with van der Waals surface area (Å²) < 4.78 is 41.1. The zero-order valence-electron chi connectivity index (χ0n) is 8.81. The Kier molecular flexibility index (Phi) is 2.89. The second-order valence-corrected chi connectivity index (χ2v) is 4.64. The van der Waals surface area contributed by atoms with Gasteiger partial charge < -0.3 is 10.1 Å². The number of ether oxygens (including phenoxy) is 1. The number of alkyl carbamates (subject to hydrolysis) is 1. The lowest BCUT2D eigenvalue weighted by Gasteiger charge is -2.19. The molecule has 1 rings (SSSR count). The monoisotopic (exact) mass is 225 g/mol. The smallest absolute Gasteiger partial charge is 0.407 e. The van der Waals surface area contributed by atoms with E-state index in [9.17, 15) is 18.0 Å². The number of halogens is 3. The van der Waals surface area contributed by atoms with Crippen LogP contribution in [0.4, 0.5) is 18.0 Å². The summed E-state index contributed by atoms with van der Waals surface area (Å²) >= 11 is 0. The molecule has 0 saturated heterocycles. The molecule has 0 aromatic rings. The van der Waals surface area contributed by atoms with Crippen LogP contribution in [0, 0.1) is 5.92 Å².